The van der Waals surface area contributed by atoms with E-state index >= 15 is 0 Å². The lowest BCUT2D eigenvalue weighted by Gasteiger charge is -2.31. The highest BCUT2D eigenvalue weighted by Crippen LogP contribution is 2.21. The first kappa shape index (κ1) is 22.1. The van der Waals surface area contributed by atoms with Crippen LogP contribution in [0.5, 0.6) is 0 Å². The predicted molar refractivity (Wildman–Crippen MR) is 113 cm³/mol. The molecule has 0 aromatic carbocycles. The minimum atomic E-state index is 0.207. The van der Waals surface area contributed by atoms with Gasteiger partial charge in [-0.2, -0.15) is 5.10 Å². The van der Waals surface area contributed by atoms with E-state index in [0.717, 1.165) is 25.3 Å². The molecule has 0 aliphatic carbocycles. The van der Waals surface area contributed by atoms with Gasteiger partial charge in [-0.25, -0.2) is 0 Å². The van der Waals surface area contributed by atoms with Crippen molar-refractivity contribution in [2.24, 2.45) is 11.8 Å². The second kappa shape index (κ2) is 11.6. The summed E-state index contributed by atoms with van der Waals surface area (Å²) in [6, 6.07) is 0. The summed E-state index contributed by atoms with van der Waals surface area (Å²) >= 11 is 0. The number of likely N-dealkylation sites (tertiary alicyclic amines) is 1. The van der Waals surface area contributed by atoms with Crippen LogP contribution in [0, 0.1) is 11.8 Å². The topological polar surface area (TPSA) is 38.1 Å². The molecule has 0 amide bonds. The fourth-order valence-electron chi connectivity index (χ4n) is 3.89. The molecule has 0 bridgehead atoms. The number of Topliss-reactive ketones (excluding diaryl/α,β-unsaturated/α-hetero) is 1. The zero-order chi connectivity index (χ0) is 19.6. The Bertz CT molecular complexity index is 542. The van der Waals surface area contributed by atoms with Gasteiger partial charge in [0.2, 0.25) is 0 Å². The molecule has 1 fully saturated rings. The molecular weight excluding hydrogens is 334 g/mol. The molecule has 2 rings (SSSR count). The van der Waals surface area contributed by atoms with Crippen LogP contribution in [0.15, 0.2) is 12.4 Å². The Morgan fingerprint density at radius 1 is 1.07 bits per heavy atom. The summed E-state index contributed by atoms with van der Waals surface area (Å²) < 4.78 is 2.15. The highest BCUT2D eigenvalue weighted by molar-refractivity contribution is 5.80. The van der Waals surface area contributed by atoms with Crippen molar-refractivity contribution in [3.8, 4) is 0 Å². The van der Waals surface area contributed by atoms with Crippen molar-refractivity contribution in [1.29, 1.82) is 0 Å². The SMILES string of the molecule is CC(C)C(=O)CCCCCCCN1CCC(Cn2cc(C(C)C)cn2)CC1. The molecule has 27 heavy (non-hydrogen) atoms. The summed E-state index contributed by atoms with van der Waals surface area (Å²) in [7, 11) is 0. The van der Waals surface area contributed by atoms with Gasteiger partial charge in [-0.15, -0.1) is 0 Å². The Morgan fingerprint density at radius 2 is 1.74 bits per heavy atom. The fourth-order valence-corrected chi connectivity index (χ4v) is 3.89. The quantitative estimate of drug-likeness (QED) is 0.466. The molecule has 4 nitrogen and oxygen atoms in total. The first-order valence-electron chi connectivity index (χ1n) is 11.2. The molecule has 1 aliphatic heterocycles. The lowest BCUT2D eigenvalue weighted by molar-refractivity contribution is -0.122. The van der Waals surface area contributed by atoms with Crippen LogP contribution in [-0.2, 0) is 11.3 Å². The van der Waals surface area contributed by atoms with Crippen LogP contribution in [0.25, 0.3) is 0 Å². The summed E-state index contributed by atoms with van der Waals surface area (Å²) in [4.78, 5) is 14.2. The van der Waals surface area contributed by atoms with E-state index in [9.17, 15) is 4.79 Å². The van der Waals surface area contributed by atoms with E-state index < -0.39 is 0 Å². The largest absolute Gasteiger partial charge is 0.303 e. The van der Waals surface area contributed by atoms with Gasteiger partial charge in [0.25, 0.3) is 0 Å². The van der Waals surface area contributed by atoms with Gasteiger partial charge < -0.3 is 4.90 Å². The Balaban J connectivity index is 1.50. The summed E-state index contributed by atoms with van der Waals surface area (Å²) in [5, 5.41) is 4.54. The van der Waals surface area contributed by atoms with Crippen molar-refractivity contribution in [3.63, 3.8) is 0 Å². The third-order valence-electron chi connectivity index (χ3n) is 6.01. The molecule has 0 saturated carbocycles. The zero-order valence-corrected chi connectivity index (χ0v) is 18.1. The molecule has 1 aliphatic rings. The molecule has 0 radical (unpaired) electrons. The number of carbonyl (C=O) groups is 1. The minimum absolute atomic E-state index is 0.207. The molecule has 0 N–H and O–H groups in total. The standard InChI is InChI=1S/C23H41N3O/c1-19(2)22-16-24-26(18-22)17-21-11-14-25(15-12-21)13-9-7-5-6-8-10-23(27)20(3)4/h16,18-21H,5-15,17H2,1-4H3. The van der Waals surface area contributed by atoms with E-state index in [-0.39, 0.29) is 5.92 Å². The maximum Gasteiger partial charge on any atom is 0.135 e. The number of hydrogen-bond donors (Lipinski definition) is 0. The molecular formula is C23H41N3O. The third kappa shape index (κ3) is 8.16. The monoisotopic (exact) mass is 375 g/mol. The van der Waals surface area contributed by atoms with Crippen LogP contribution in [0.3, 0.4) is 0 Å². The zero-order valence-electron chi connectivity index (χ0n) is 18.1. The van der Waals surface area contributed by atoms with Gasteiger partial charge >= 0.3 is 0 Å². The number of rotatable bonds is 12. The number of hydrogen-bond acceptors (Lipinski definition) is 3. The van der Waals surface area contributed by atoms with E-state index in [1.54, 1.807) is 0 Å². The number of carbonyl (C=O) groups excluding carboxylic acids is 1. The Kier molecular flexibility index (Phi) is 9.53. The molecule has 0 spiro atoms. The Morgan fingerprint density at radius 3 is 2.37 bits per heavy atom. The van der Waals surface area contributed by atoms with Gasteiger partial charge in [0.1, 0.15) is 5.78 Å². The molecule has 1 aromatic heterocycles. The number of nitrogens with zero attached hydrogens (tertiary/aromatic N) is 3. The maximum absolute atomic E-state index is 11.6. The second-order valence-electron chi connectivity index (χ2n) is 9.07. The summed E-state index contributed by atoms with van der Waals surface area (Å²) in [6.45, 7) is 13.3. The van der Waals surface area contributed by atoms with Crippen molar-refractivity contribution in [2.45, 2.75) is 91.5 Å². The summed E-state index contributed by atoms with van der Waals surface area (Å²) in [5.74, 6) is 1.97. The average molecular weight is 376 g/mol. The molecule has 154 valence electrons. The summed E-state index contributed by atoms with van der Waals surface area (Å²) in [5.41, 5.74) is 1.35. The van der Waals surface area contributed by atoms with Gasteiger partial charge in [0.15, 0.2) is 0 Å². The van der Waals surface area contributed by atoms with Crippen LogP contribution in [0.2, 0.25) is 0 Å². The van der Waals surface area contributed by atoms with E-state index in [0.29, 0.717) is 11.7 Å². The van der Waals surface area contributed by atoms with Crippen LogP contribution in [0.1, 0.15) is 90.5 Å². The fraction of sp³-hybridized carbons (Fsp3) is 0.826. The van der Waals surface area contributed by atoms with E-state index in [2.05, 4.69) is 34.7 Å². The maximum atomic E-state index is 11.6. The van der Waals surface area contributed by atoms with Gasteiger partial charge in [0.05, 0.1) is 6.20 Å². The normalized spacial score (nSPS) is 16.5. The number of aromatic nitrogens is 2. The smallest absolute Gasteiger partial charge is 0.135 e. The van der Waals surface area contributed by atoms with Crippen LogP contribution in [0.4, 0.5) is 0 Å². The van der Waals surface area contributed by atoms with Gasteiger partial charge in [-0.05, 0) is 62.7 Å². The Hall–Kier alpha value is -1.16. The molecule has 0 unspecified atom stereocenters. The van der Waals surface area contributed by atoms with E-state index in [4.69, 9.17) is 0 Å². The van der Waals surface area contributed by atoms with Gasteiger partial charge in [0, 0.05) is 25.1 Å². The first-order chi connectivity index (χ1) is 13.0. The van der Waals surface area contributed by atoms with Crippen molar-refractivity contribution in [3.05, 3.63) is 18.0 Å². The predicted octanol–water partition coefficient (Wildman–Crippen LogP) is 5.28. The average Bonchev–Trinajstić information content (AvgIpc) is 3.11. The van der Waals surface area contributed by atoms with Crippen molar-refractivity contribution < 1.29 is 4.79 Å². The highest BCUT2D eigenvalue weighted by Gasteiger charge is 2.19. The van der Waals surface area contributed by atoms with Crippen LogP contribution >= 0.6 is 0 Å². The molecule has 0 atom stereocenters. The van der Waals surface area contributed by atoms with Crippen molar-refractivity contribution in [2.75, 3.05) is 19.6 Å². The molecule has 2 heterocycles. The van der Waals surface area contributed by atoms with Crippen molar-refractivity contribution >= 4 is 5.78 Å². The van der Waals surface area contributed by atoms with Gasteiger partial charge in [-0.1, -0.05) is 47.0 Å². The second-order valence-corrected chi connectivity index (χ2v) is 9.07. The van der Waals surface area contributed by atoms with Crippen LogP contribution in [-0.4, -0.2) is 40.1 Å². The summed E-state index contributed by atoms with van der Waals surface area (Å²) in [6.07, 6.45) is 13.8. The molecule has 4 heteroatoms. The Labute approximate surface area is 166 Å². The van der Waals surface area contributed by atoms with E-state index in [1.165, 1.54) is 63.7 Å². The third-order valence-corrected chi connectivity index (χ3v) is 6.01. The van der Waals surface area contributed by atoms with Crippen LogP contribution < -0.4 is 0 Å². The number of unbranched alkanes of at least 4 members (excludes halogenated alkanes) is 4. The van der Waals surface area contributed by atoms with Gasteiger partial charge in [-0.3, -0.25) is 9.48 Å². The highest BCUT2D eigenvalue weighted by atomic mass is 16.1. The number of ketones is 1. The van der Waals surface area contributed by atoms with Crippen molar-refractivity contribution in [1.82, 2.24) is 14.7 Å². The van der Waals surface area contributed by atoms with E-state index in [1.807, 2.05) is 20.0 Å². The first-order valence-corrected chi connectivity index (χ1v) is 11.2. The lowest BCUT2D eigenvalue weighted by Crippen LogP contribution is -2.35. The lowest BCUT2D eigenvalue weighted by atomic mass is 9.96. The minimum Gasteiger partial charge on any atom is -0.303 e. The molecule has 1 saturated heterocycles. The molecule has 1 aromatic rings. The number of piperidine rings is 1.